The minimum Gasteiger partial charge on any atom is -0.448 e. The zero-order valence-corrected chi connectivity index (χ0v) is 25.1. The Hall–Kier alpha value is -1.86. The van der Waals surface area contributed by atoms with Gasteiger partial charge in [0.1, 0.15) is 6.61 Å². The minimum atomic E-state index is -3.79. The fraction of sp³-hybridized carbons (Fsp3) is 0.500. The molecule has 0 fully saturated rings. The Morgan fingerprint density at radius 2 is 1.70 bits per heavy atom. The predicted molar refractivity (Wildman–Crippen MR) is 158 cm³/mol. The van der Waals surface area contributed by atoms with E-state index >= 15 is 0 Å². The number of ether oxygens (including phenoxy) is 1. The van der Waals surface area contributed by atoms with Gasteiger partial charge in [0.2, 0.25) is 15.9 Å². The van der Waals surface area contributed by atoms with Gasteiger partial charge in [-0.15, -0.1) is 12.4 Å². The smallest absolute Gasteiger partial charge is 0.407 e. The quantitative estimate of drug-likeness (QED) is 0.251. The summed E-state index contributed by atoms with van der Waals surface area (Å²) in [7, 11) is 3.49. The Balaban J connectivity index is 0.00000684. The van der Waals surface area contributed by atoms with Crippen molar-refractivity contribution in [2.45, 2.75) is 30.9 Å². The number of fused-ring (bicyclic) bond motifs is 1. The fourth-order valence-electron chi connectivity index (χ4n) is 3.37. The number of nitrogens with one attached hydrogen (secondary N) is 2. The summed E-state index contributed by atoms with van der Waals surface area (Å²) in [6.45, 7) is 6.73. The predicted octanol–water partition coefficient (Wildman–Crippen LogP) is 3.97. The molecule has 0 aromatic heterocycles. The number of carbonyl (C=O) groups excluding carboxylic acids is 2. The second kappa shape index (κ2) is 16.2. The fourth-order valence-corrected chi connectivity index (χ4v) is 6.62. The molecule has 0 heterocycles. The van der Waals surface area contributed by atoms with Crippen LogP contribution in [0, 0.1) is 0 Å². The molecule has 208 valence electrons. The summed E-state index contributed by atoms with van der Waals surface area (Å²) in [5, 5.41) is 4.51. The summed E-state index contributed by atoms with van der Waals surface area (Å²) in [5.74, 6) is 0.719. The summed E-state index contributed by atoms with van der Waals surface area (Å²) in [6.07, 6.45) is -0.664. The van der Waals surface area contributed by atoms with Crippen LogP contribution in [0.1, 0.15) is 20.8 Å². The second-order valence-electron chi connectivity index (χ2n) is 8.46. The van der Waals surface area contributed by atoms with Crippen molar-refractivity contribution in [2.75, 3.05) is 57.5 Å². The van der Waals surface area contributed by atoms with Crippen LogP contribution in [0.2, 0.25) is 0 Å². The summed E-state index contributed by atoms with van der Waals surface area (Å²) in [6, 6.07) is 10.7. The molecule has 0 unspecified atom stereocenters. The number of hydrogen-bond acceptors (Lipinski definition) is 8. The van der Waals surface area contributed by atoms with E-state index in [-0.39, 0.29) is 42.9 Å². The number of nitrogens with zero attached hydrogens (tertiary/aromatic N) is 2. The summed E-state index contributed by atoms with van der Waals surface area (Å²) < 4.78 is 33.5. The van der Waals surface area contributed by atoms with E-state index in [1.54, 1.807) is 44.7 Å². The molecule has 37 heavy (non-hydrogen) atoms. The van der Waals surface area contributed by atoms with E-state index in [9.17, 15) is 18.0 Å². The molecular formula is C24H37ClN4O5S3. The highest BCUT2D eigenvalue weighted by Gasteiger charge is 2.18. The Morgan fingerprint density at radius 1 is 1.03 bits per heavy atom. The van der Waals surface area contributed by atoms with Crippen molar-refractivity contribution >= 4 is 72.5 Å². The lowest BCUT2D eigenvalue weighted by molar-refractivity contribution is -0.129. The van der Waals surface area contributed by atoms with E-state index < -0.39 is 16.1 Å². The van der Waals surface area contributed by atoms with Gasteiger partial charge in [0.15, 0.2) is 0 Å². The van der Waals surface area contributed by atoms with Crippen LogP contribution in [-0.2, 0) is 19.6 Å². The molecule has 0 atom stereocenters. The minimum absolute atomic E-state index is 0. The number of rotatable bonds is 14. The van der Waals surface area contributed by atoms with Crippen molar-refractivity contribution in [2.24, 2.45) is 0 Å². The van der Waals surface area contributed by atoms with Crippen molar-refractivity contribution in [3.8, 4) is 0 Å². The molecule has 2 aromatic carbocycles. The molecule has 0 aliphatic rings. The molecule has 0 bridgehead atoms. The Kier molecular flexibility index (Phi) is 14.5. The van der Waals surface area contributed by atoms with Crippen molar-refractivity contribution in [3.05, 3.63) is 36.4 Å². The lowest BCUT2D eigenvalue weighted by Gasteiger charge is -2.20. The highest BCUT2D eigenvalue weighted by atomic mass is 35.5. The van der Waals surface area contributed by atoms with Gasteiger partial charge in [-0.1, -0.05) is 59.7 Å². The number of amides is 2. The highest BCUT2D eigenvalue weighted by Crippen LogP contribution is 2.30. The number of benzene rings is 2. The average molecular weight is 593 g/mol. The van der Waals surface area contributed by atoms with Crippen molar-refractivity contribution < 1.29 is 22.7 Å². The molecule has 0 spiro atoms. The maximum absolute atomic E-state index is 12.9. The molecule has 0 aliphatic heterocycles. The van der Waals surface area contributed by atoms with Gasteiger partial charge in [-0.25, -0.2) is 17.9 Å². The van der Waals surface area contributed by atoms with Crippen LogP contribution in [0.15, 0.2) is 41.3 Å². The molecule has 0 radical (unpaired) electrons. The van der Waals surface area contributed by atoms with Gasteiger partial charge in [0.25, 0.3) is 0 Å². The van der Waals surface area contributed by atoms with Gasteiger partial charge >= 0.3 is 6.09 Å². The largest absolute Gasteiger partial charge is 0.448 e. The monoisotopic (exact) mass is 592 g/mol. The van der Waals surface area contributed by atoms with Crippen molar-refractivity contribution in [1.82, 2.24) is 14.9 Å². The third-order valence-electron chi connectivity index (χ3n) is 5.06. The summed E-state index contributed by atoms with van der Waals surface area (Å²) in [4.78, 5) is 27.5. The third-order valence-corrected chi connectivity index (χ3v) is 9.51. The second-order valence-corrected chi connectivity index (χ2v) is 13.3. The number of sulfonamides is 1. The van der Waals surface area contributed by atoms with Crippen LogP contribution in [-0.4, -0.2) is 83.2 Å². The van der Waals surface area contributed by atoms with Gasteiger partial charge in [-0.2, -0.15) is 0 Å². The molecule has 13 heteroatoms. The average Bonchev–Trinajstić information content (AvgIpc) is 2.82. The molecular weight excluding hydrogens is 556 g/mol. The first-order chi connectivity index (χ1) is 17.0. The van der Waals surface area contributed by atoms with E-state index in [2.05, 4.69) is 23.9 Å². The van der Waals surface area contributed by atoms with E-state index in [1.165, 1.54) is 6.92 Å². The van der Waals surface area contributed by atoms with E-state index in [1.807, 2.05) is 37.2 Å². The van der Waals surface area contributed by atoms with Crippen LogP contribution in [0.4, 0.5) is 10.5 Å². The lowest BCUT2D eigenvalue weighted by Crippen LogP contribution is -2.37. The third kappa shape index (κ3) is 10.8. The molecule has 2 aromatic rings. The number of anilines is 1. The number of carbonyl (C=O) groups is 2. The first kappa shape index (κ1) is 33.2. The summed E-state index contributed by atoms with van der Waals surface area (Å²) in [5.41, 5.74) is 0.922. The molecule has 2 rings (SSSR count). The van der Waals surface area contributed by atoms with Crippen molar-refractivity contribution in [3.63, 3.8) is 0 Å². The standard InChI is InChI=1S/C24H36N4O5S3.ClH/c1-18(2)35-34-17-15-28(19(3)29)14-16-33-24(30)25-12-13-26-36(31,32)23-11-7-8-20-21(23)9-6-10-22(20)27(4)5;/h6-11,18,26H,12-17H2,1-5H3,(H,25,30);1H. The highest BCUT2D eigenvalue weighted by molar-refractivity contribution is 8.76. The zero-order chi connectivity index (χ0) is 26.7. The van der Waals surface area contributed by atoms with E-state index in [0.717, 1.165) is 16.8 Å². The van der Waals surface area contributed by atoms with Crippen LogP contribution >= 0.6 is 34.0 Å². The van der Waals surface area contributed by atoms with Gasteiger partial charge in [0.05, 0.1) is 11.4 Å². The van der Waals surface area contributed by atoms with Crippen LogP contribution in [0.3, 0.4) is 0 Å². The van der Waals surface area contributed by atoms with Crippen LogP contribution in [0.5, 0.6) is 0 Å². The Labute approximate surface area is 234 Å². The Morgan fingerprint density at radius 3 is 2.35 bits per heavy atom. The first-order valence-electron chi connectivity index (χ1n) is 11.7. The molecule has 0 saturated heterocycles. The molecule has 2 amide bonds. The maximum Gasteiger partial charge on any atom is 0.407 e. The van der Waals surface area contributed by atoms with E-state index in [0.29, 0.717) is 23.7 Å². The van der Waals surface area contributed by atoms with Crippen LogP contribution < -0.4 is 14.9 Å². The number of hydrogen-bond donors (Lipinski definition) is 2. The molecule has 0 aliphatic carbocycles. The number of alkyl carbamates (subject to hydrolysis) is 1. The lowest BCUT2D eigenvalue weighted by atomic mass is 10.1. The van der Waals surface area contributed by atoms with Gasteiger partial charge in [0, 0.05) is 68.1 Å². The van der Waals surface area contributed by atoms with Gasteiger partial charge in [-0.3, -0.25) is 4.79 Å². The molecule has 0 saturated carbocycles. The Bertz CT molecular complexity index is 1130. The first-order valence-corrected chi connectivity index (χ1v) is 15.5. The normalized spacial score (nSPS) is 11.2. The molecule has 9 nitrogen and oxygen atoms in total. The zero-order valence-electron chi connectivity index (χ0n) is 21.9. The summed E-state index contributed by atoms with van der Waals surface area (Å²) >= 11 is 0. The topological polar surface area (TPSA) is 108 Å². The SMILES string of the molecule is CC(=O)N(CCOC(=O)NCCNS(=O)(=O)c1cccc2c(N(C)C)cccc12)CCSSC(C)C.Cl. The van der Waals surface area contributed by atoms with Gasteiger partial charge < -0.3 is 19.9 Å². The number of halogens is 1. The van der Waals surface area contributed by atoms with E-state index in [4.69, 9.17) is 4.74 Å². The van der Waals surface area contributed by atoms with Crippen molar-refractivity contribution in [1.29, 1.82) is 0 Å². The van der Waals surface area contributed by atoms with Crippen LogP contribution in [0.25, 0.3) is 10.8 Å². The molecule has 2 N–H and O–H groups in total. The van der Waals surface area contributed by atoms with Gasteiger partial charge in [-0.05, 0) is 12.1 Å². The maximum atomic E-state index is 12.9.